The van der Waals surface area contributed by atoms with Gasteiger partial charge in [0, 0.05) is 38.5 Å². The molecule has 4 N–H and O–H groups in total. The minimum atomic E-state index is -1.80. The van der Waals surface area contributed by atoms with Crippen molar-refractivity contribution in [1.82, 2.24) is 0 Å². The highest BCUT2D eigenvalue weighted by Gasteiger charge is 2.53. The molecule has 1 aliphatic heterocycles. The van der Waals surface area contributed by atoms with Crippen molar-refractivity contribution in [3.8, 4) is 40.1 Å². The van der Waals surface area contributed by atoms with Gasteiger partial charge in [-0.3, -0.25) is 19.2 Å². The summed E-state index contributed by atoms with van der Waals surface area (Å²) in [4.78, 5) is 49.8. The molecular weight excluding hydrogens is 576 g/mol. The zero-order chi connectivity index (χ0) is 31.6. The van der Waals surface area contributed by atoms with E-state index in [4.69, 9.17) is 32.8 Å². The first kappa shape index (κ1) is 30.9. The van der Waals surface area contributed by atoms with E-state index in [0.717, 1.165) is 32.9 Å². The third-order valence-electron chi connectivity index (χ3n) is 6.27. The van der Waals surface area contributed by atoms with E-state index in [9.17, 15) is 39.6 Å². The minimum Gasteiger partial charge on any atom is -0.508 e. The fourth-order valence-electron chi connectivity index (χ4n) is 4.60. The Morgan fingerprint density at radius 1 is 0.860 bits per heavy atom. The Labute approximate surface area is 242 Å². The standard InChI is InChI=1S/C28H28O15/c1-11(30)38-24-20(10-29)42-28(27(40-13(3)32)26(24)39-12(2)31)43-25-22(36)21-17(35)8-15(33)9-19(21)41-23(25)14-5-6-16(34)18(7-14)37-4/h5-9,20,24,26-29,33-35H,10H2,1-4H3/t20-,24-,26+,27-,28+/m1/s1. The maximum Gasteiger partial charge on any atom is 0.303 e. The summed E-state index contributed by atoms with van der Waals surface area (Å²) in [6, 6.07) is 5.85. The van der Waals surface area contributed by atoms with Crippen LogP contribution in [0, 0.1) is 0 Å². The van der Waals surface area contributed by atoms with Crippen LogP contribution in [0.25, 0.3) is 22.3 Å². The van der Waals surface area contributed by atoms with Crippen molar-refractivity contribution in [1.29, 1.82) is 0 Å². The van der Waals surface area contributed by atoms with E-state index in [-0.39, 0.29) is 28.4 Å². The molecular formula is C28H28O15. The molecule has 15 nitrogen and oxygen atoms in total. The Morgan fingerprint density at radius 3 is 2.09 bits per heavy atom. The van der Waals surface area contributed by atoms with Crippen LogP contribution in [-0.2, 0) is 33.3 Å². The fourth-order valence-corrected chi connectivity index (χ4v) is 4.60. The number of carbonyl (C=O) groups excluding carboxylic acids is 3. The molecule has 0 spiro atoms. The summed E-state index contributed by atoms with van der Waals surface area (Å²) in [5, 5.41) is 40.2. The highest BCUT2D eigenvalue weighted by Crippen LogP contribution is 2.40. The Kier molecular flexibility index (Phi) is 8.96. The normalized spacial score (nSPS) is 21.6. The highest BCUT2D eigenvalue weighted by molar-refractivity contribution is 5.88. The molecule has 0 radical (unpaired) electrons. The molecule has 1 aliphatic rings. The summed E-state index contributed by atoms with van der Waals surface area (Å²) in [6.45, 7) is 2.34. The third-order valence-corrected chi connectivity index (χ3v) is 6.27. The number of esters is 3. The largest absolute Gasteiger partial charge is 0.508 e. The van der Waals surface area contributed by atoms with Crippen LogP contribution in [0.4, 0.5) is 0 Å². The van der Waals surface area contributed by atoms with E-state index in [1.165, 1.54) is 25.3 Å². The number of aliphatic hydroxyl groups excluding tert-OH is 1. The van der Waals surface area contributed by atoms with Crippen LogP contribution in [0.15, 0.2) is 39.5 Å². The molecule has 230 valence electrons. The summed E-state index contributed by atoms with van der Waals surface area (Å²) < 4.78 is 38.7. The second-order valence-corrected chi connectivity index (χ2v) is 9.38. The molecule has 0 saturated carbocycles. The Bertz CT molecular complexity index is 1610. The molecule has 4 rings (SSSR count). The minimum absolute atomic E-state index is 0.0175. The van der Waals surface area contributed by atoms with Gasteiger partial charge in [0.25, 0.3) is 0 Å². The number of ether oxygens (including phenoxy) is 6. The van der Waals surface area contributed by atoms with Gasteiger partial charge in [-0.05, 0) is 18.2 Å². The fraction of sp³-hybridized carbons (Fsp3) is 0.357. The van der Waals surface area contributed by atoms with Crippen molar-refractivity contribution in [2.45, 2.75) is 51.5 Å². The summed E-state index contributed by atoms with van der Waals surface area (Å²) >= 11 is 0. The lowest BCUT2D eigenvalue weighted by Crippen LogP contribution is -2.63. The van der Waals surface area contributed by atoms with E-state index in [1.54, 1.807) is 0 Å². The maximum absolute atomic E-state index is 13.8. The lowest BCUT2D eigenvalue weighted by atomic mass is 9.98. The summed E-state index contributed by atoms with van der Waals surface area (Å²) in [6.07, 6.45) is -7.90. The zero-order valence-electron chi connectivity index (χ0n) is 23.3. The van der Waals surface area contributed by atoms with Gasteiger partial charge in [-0.15, -0.1) is 0 Å². The van der Waals surface area contributed by atoms with Crippen LogP contribution in [0.1, 0.15) is 20.8 Å². The summed E-state index contributed by atoms with van der Waals surface area (Å²) in [5.41, 5.74) is -1.11. The first-order valence-electron chi connectivity index (χ1n) is 12.7. The molecule has 2 aromatic carbocycles. The first-order chi connectivity index (χ1) is 20.3. The van der Waals surface area contributed by atoms with Crippen molar-refractivity contribution in [2.24, 2.45) is 0 Å². The van der Waals surface area contributed by atoms with Crippen LogP contribution in [0.2, 0.25) is 0 Å². The molecule has 43 heavy (non-hydrogen) atoms. The van der Waals surface area contributed by atoms with Crippen LogP contribution < -0.4 is 14.9 Å². The number of hydrogen-bond acceptors (Lipinski definition) is 15. The first-order valence-corrected chi connectivity index (χ1v) is 12.7. The topological polar surface area (TPSA) is 218 Å². The average molecular weight is 605 g/mol. The number of methoxy groups -OCH3 is 1. The Balaban J connectivity index is 1.94. The van der Waals surface area contributed by atoms with Crippen molar-refractivity contribution in [3.05, 3.63) is 40.6 Å². The SMILES string of the molecule is COc1cc(-c2oc3cc(O)cc(O)c3c(=O)c2O[C@@H]2O[C@H](CO)[C@@H](OC(C)=O)[C@H](OC(C)=O)[C@H]2OC(C)=O)ccc1O. The van der Waals surface area contributed by atoms with Crippen LogP contribution >= 0.6 is 0 Å². The highest BCUT2D eigenvalue weighted by atomic mass is 16.7. The van der Waals surface area contributed by atoms with Gasteiger partial charge < -0.3 is 53.3 Å². The van der Waals surface area contributed by atoms with E-state index < -0.39 is 83.3 Å². The average Bonchev–Trinajstić information content (AvgIpc) is 2.92. The second kappa shape index (κ2) is 12.5. The molecule has 5 atom stereocenters. The van der Waals surface area contributed by atoms with Crippen LogP contribution in [0.3, 0.4) is 0 Å². The molecule has 1 aromatic heterocycles. The number of carbonyl (C=O) groups is 3. The number of rotatable bonds is 8. The number of phenols is 3. The Morgan fingerprint density at radius 2 is 1.49 bits per heavy atom. The van der Waals surface area contributed by atoms with Gasteiger partial charge in [0.05, 0.1) is 13.7 Å². The van der Waals surface area contributed by atoms with E-state index in [0.29, 0.717) is 0 Å². The van der Waals surface area contributed by atoms with Crippen molar-refractivity contribution < 1.29 is 67.6 Å². The smallest absolute Gasteiger partial charge is 0.303 e. The molecule has 0 amide bonds. The molecule has 2 heterocycles. The van der Waals surface area contributed by atoms with Gasteiger partial charge in [-0.1, -0.05) is 0 Å². The lowest BCUT2D eigenvalue weighted by molar-refractivity contribution is -0.288. The van der Waals surface area contributed by atoms with Gasteiger partial charge in [-0.25, -0.2) is 0 Å². The number of aromatic hydroxyl groups is 3. The predicted octanol–water partition coefficient (Wildman–Crippen LogP) is 1.48. The third kappa shape index (κ3) is 6.42. The van der Waals surface area contributed by atoms with E-state index >= 15 is 0 Å². The zero-order valence-corrected chi connectivity index (χ0v) is 23.3. The molecule has 3 aromatic rings. The number of aliphatic hydroxyl groups is 1. The molecule has 15 heteroatoms. The van der Waals surface area contributed by atoms with Gasteiger partial charge in [0.15, 0.2) is 29.5 Å². The number of fused-ring (bicyclic) bond motifs is 1. The van der Waals surface area contributed by atoms with Crippen molar-refractivity contribution >= 4 is 28.9 Å². The van der Waals surface area contributed by atoms with Crippen LogP contribution in [0.5, 0.6) is 28.7 Å². The van der Waals surface area contributed by atoms with Crippen molar-refractivity contribution in [2.75, 3.05) is 13.7 Å². The van der Waals surface area contributed by atoms with Crippen LogP contribution in [-0.4, -0.2) is 82.8 Å². The quantitative estimate of drug-likeness (QED) is 0.211. The van der Waals surface area contributed by atoms with Gasteiger partial charge >= 0.3 is 17.9 Å². The van der Waals surface area contributed by atoms with E-state index in [2.05, 4.69) is 0 Å². The van der Waals surface area contributed by atoms with Crippen molar-refractivity contribution in [3.63, 3.8) is 0 Å². The predicted molar refractivity (Wildman–Crippen MR) is 143 cm³/mol. The number of phenolic OH excluding ortho intramolecular Hbond substituents is 3. The van der Waals surface area contributed by atoms with Gasteiger partial charge in [0.1, 0.15) is 28.6 Å². The molecule has 0 aliphatic carbocycles. The number of benzene rings is 2. The maximum atomic E-state index is 13.8. The van der Waals surface area contributed by atoms with Gasteiger partial charge in [0.2, 0.25) is 23.6 Å². The molecule has 1 fully saturated rings. The number of hydrogen-bond donors (Lipinski definition) is 4. The molecule has 1 saturated heterocycles. The summed E-state index contributed by atoms with van der Waals surface area (Å²) in [7, 11) is 1.28. The monoisotopic (exact) mass is 604 g/mol. The van der Waals surface area contributed by atoms with Gasteiger partial charge in [-0.2, -0.15) is 0 Å². The lowest BCUT2D eigenvalue weighted by Gasteiger charge is -2.43. The molecule has 0 bridgehead atoms. The second-order valence-electron chi connectivity index (χ2n) is 9.38. The Hall–Kier alpha value is -5.02. The molecule has 0 unspecified atom stereocenters. The summed E-state index contributed by atoms with van der Waals surface area (Å²) in [5.74, 6) is -4.87. The van der Waals surface area contributed by atoms with E-state index in [1.807, 2.05) is 0 Å².